The summed E-state index contributed by atoms with van der Waals surface area (Å²) in [5, 5.41) is 19.3. The molecule has 0 unspecified atom stereocenters. The van der Waals surface area contributed by atoms with Gasteiger partial charge in [0.05, 0.1) is 17.7 Å². The SMILES string of the molecule is O=C1/C(=C/c2cc(Cl)ccc2O)S/C(=N/N=C\C=C\c2ccccc2)N1Cc1ccco1. The zero-order valence-electron chi connectivity index (χ0n) is 16.8. The number of thioether (sulfide) groups is 1. The second-order valence-corrected chi connectivity index (χ2v) is 8.15. The first-order valence-corrected chi connectivity index (χ1v) is 10.8. The van der Waals surface area contributed by atoms with Gasteiger partial charge in [-0.2, -0.15) is 5.10 Å². The van der Waals surface area contributed by atoms with Crippen molar-refractivity contribution in [2.75, 3.05) is 0 Å². The third-order valence-corrected chi connectivity index (χ3v) is 5.67. The van der Waals surface area contributed by atoms with Crippen LogP contribution in [-0.4, -0.2) is 27.3 Å². The zero-order chi connectivity index (χ0) is 22.3. The number of hydrogen-bond acceptors (Lipinski definition) is 6. The number of rotatable bonds is 6. The molecule has 6 nitrogen and oxygen atoms in total. The second kappa shape index (κ2) is 10.2. The number of amides is 1. The molecule has 0 spiro atoms. The second-order valence-electron chi connectivity index (χ2n) is 6.70. The summed E-state index contributed by atoms with van der Waals surface area (Å²) in [5.41, 5.74) is 1.49. The molecule has 1 amide bonds. The number of carbonyl (C=O) groups excluding carboxylic acids is 1. The van der Waals surface area contributed by atoms with E-state index in [1.807, 2.05) is 36.4 Å². The summed E-state index contributed by atoms with van der Waals surface area (Å²) in [5.74, 6) is 0.383. The van der Waals surface area contributed by atoms with Crippen LogP contribution in [0.25, 0.3) is 12.2 Å². The Morgan fingerprint density at radius 1 is 1.12 bits per heavy atom. The van der Waals surface area contributed by atoms with Gasteiger partial charge in [-0.1, -0.05) is 48.0 Å². The van der Waals surface area contributed by atoms with Crippen molar-refractivity contribution in [1.29, 1.82) is 0 Å². The molecule has 0 bridgehead atoms. The van der Waals surface area contributed by atoms with E-state index in [4.69, 9.17) is 16.0 Å². The van der Waals surface area contributed by atoms with E-state index in [1.54, 1.807) is 48.9 Å². The van der Waals surface area contributed by atoms with Gasteiger partial charge < -0.3 is 9.52 Å². The van der Waals surface area contributed by atoms with Crippen molar-refractivity contribution >= 4 is 52.8 Å². The molecule has 160 valence electrons. The summed E-state index contributed by atoms with van der Waals surface area (Å²) in [6.45, 7) is 0.214. The number of furan rings is 1. The normalized spacial score (nSPS) is 16.9. The fourth-order valence-corrected chi connectivity index (χ4v) is 4.01. The monoisotopic (exact) mass is 463 g/mol. The highest BCUT2D eigenvalue weighted by Crippen LogP contribution is 2.35. The van der Waals surface area contributed by atoms with Crippen molar-refractivity contribution in [3.8, 4) is 5.75 Å². The zero-order valence-corrected chi connectivity index (χ0v) is 18.3. The fourth-order valence-electron chi connectivity index (χ4n) is 2.90. The minimum Gasteiger partial charge on any atom is -0.507 e. The first kappa shape index (κ1) is 21.7. The Morgan fingerprint density at radius 2 is 1.97 bits per heavy atom. The summed E-state index contributed by atoms with van der Waals surface area (Å²) in [7, 11) is 0. The molecular formula is C24H18ClN3O3S. The number of benzene rings is 2. The van der Waals surface area contributed by atoms with Gasteiger partial charge in [-0.25, -0.2) is 0 Å². The molecule has 0 atom stereocenters. The molecule has 32 heavy (non-hydrogen) atoms. The van der Waals surface area contributed by atoms with Gasteiger partial charge in [0.15, 0.2) is 5.17 Å². The maximum Gasteiger partial charge on any atom is 0.267 e. The van der Waals surface area contributed by atoms with Gasteiger partial charge in [-0.05, 0) is 59.8 Å². The van der Waals surface area contributed by atoms with Gasteiger partial charge in [-0.3, -0.25) is 9.69 Å². The predicted molar refractivity (Wildman–Crippen MR) is 129 cm³/mol. The highest BCUT2D eigenvalue weighted by molar-refractivity contribution is 8.18. The Kier molecular flexibility index (Phi) is 6.89. The molecule has 1 N–H and O–H groups in total. The van der Waals surface area contributed by atoms with Crippen LogP contribution in [0.4, 0.5) is 0 Å². The van der Waals surface area contributed by atoms with Crippen molar-refractivity contribution in [1.82, 2.24) is 4.90 Å². The molecule has 8 heteroatoms. The Labute approximate surface area is 194 Å². The lowest BCUT2D eigenvalue weighted by Gasteiger charge is -2.12. The Morgan fingerprint density at radius 3 is 2.75 bits per heavy atom. The van der Waals surface area contributed by atoms with Crippen LogP contribution >= 0.6 is 23.4 Å². The number of hydrogen-bond donors (Lipinski definition) is 1. The smallest absolute Gasteiger partial charge is 0.267 e. The summed E-state index contributed by atoms with van der Waals surface area (Å²) in [6, 6.07) is 18.0. The number of carbonyl (C=O) groups is 1. The number of halogens is 1. The van der Waals surface area contributed by atoms with Gasteiger partial charge in [0.2, 0.25) is 0 Å². The molecular weight excluding hydrogens is 446 g/mol. The first-order chi connectivity index (χ1) is 15.6. The van der Waals surface area contributed by atoms with Crippen LogP contribution in [0.15, 0.2) is 92.5 Å². The molecule has 0 aliphatic carbocycles. The van der Waals surface area contributed by atoms with E-state index >= 15 is 0 Å². The van der Waals surface area contributed by atoms with Gasteiger partial charge in [0.1, 0.15) is 11.5 Å². The Bertz CT molecular complexity index is 1220. The minimum absolute atomic E-state index is 0.0299. The van der Waals surface area contributed by atoms with Crippen LogP contribution < -0.4 is 0 Å². The molecule has 1 aromatic heterocycles. The van der Waals surface area contributed by atoms with Gasteiger partial charge in [0.25, 0.3) is 5.91 Å². The van der Waals surface area contributed by atoms with E-state index in [0.717, 1.165) is 5.56 Å². The van der Waals surface area contributed by atoms with Crippen LogP contribution in [0.2, 0.25) is 5.02 Å². The quantitative estimate of drug-likeness (QED) is 0.284. The molecule has 0 saturated carbocycles. The van der Waals surface area contributed by atoms with Crippen LogP contribution in [0.5, 0.6) is 5.75 Å². The maximum absolute atomic E-state index is 13.1. The minimum atomic E-state index is -0.264. The summed E-state index contributed by atoms with van der Waals surface area (Å²) >= 11 is 7.20. The molecule has 4 rings (SSSR count). The molecule has 1 aliphatic rings. The van der Waals surface area contributed by atoms with E-state index in [1.165, 1.54) is 22.7 Å². The maximum atomic E-state index is 13.1. The van der Waals surface area contributed by atoms with Crippen LogP contribution in [0, 0.1) is 0 Å². The third kappa shape index (κ3) is 5.38. The van der Waals surface area contributed by atoms with Gasteiger partial charge >= 0.3 is 0 Å². The molecule has 2 heterocycles. The van der Waals surface area contributed by atoms with E-state index in [-0.39, 0.29) is 18.2 Å². The molecule has 2 aromatic carbocycles. The average molecular weight is 464 g/mol. The van der Waals surface area contributed by atoms with Gasteiger partial charge in [-0.15, -0.1) is 5.10 Å². The van der Waals surface area contributed by atoms with Crippen LogP contribution in [0.1, 0.15) is 16.9 Å². The predicted octanol–water partition coefficient (Wildman–Crippen LogP) is 5.81. The average Bonchev–Trinajstić information content (AvgIpc) is 3.41. The summed E-state index contributed by atoms with van der Waals surface area (Å²) in [4.78, 5) is 14.9. The van der Waals surface area contributed by atoms with Gasteiger partial charge in [0, 0.05) is 16.8 Å². The number of phenolic OH excluding ortho intramolecular Hbond substituents is 1. The molecule has 1 fully saturated rings. The highest BCUT2D eigenvalue weighted by atomic mass is 35.5. The molecule has 1 saturated heterocycles. The largest absolute Gasteiger partial charge is 0.507 e. The molecule has 3 aromatic rings. The highest BCUT2D eigenvalue weighted by Gasteiger charge is 2.34. The summed E-state index contributed by atoms with van der Waals surface area (Å²) < 4.78 is 5.39. The van der Waals surface area contributed by atoms with Crippen molar-refractivity contribution in [3.05, 3.63) is 99.8 Å². The number of amidine groups is 1. The Hall–Kier alpha value is -3.55. The first-order valence-electron chi connectivity index (χ1n) is 9.65. The number of aromatic hydroxyl groups is 1. The fraction of sp³-hybridized carbons (Fsp3) is 0.0417. The lowest BCUT2D eigenvalue weighted by molar-refractivity contribution is -0.122. The van der Waals surface area contributed by atoms with Crippen LogP contribution in [0.3, 0.4) is 0 Å². The van der Waals surface area contributed by atoms with Crippen molar-refractivity contribution in [2.45, 2.75) is 6.54 Å². The Balaban J connectivity index is 1.58. The topological polar surface area (TPSA) is 78.4 Å². The van der Waals surface area contributed by atoms with E-state index < -0.39 is 0 Å². The van der Waals surface area contributed by atoms with Crippen molar-refractivity contribution in [3.63, 3.8) is 0 Å². The van der Waals surface area contributed by atoms with Crippen molar-refractivity contribution < 1.29 is 14.3 Å². The standard InChI is InChI=1S/C24H18ClN3O3S/c25-19-10-11-21(29)18(14-19)15-22-23(30)28(16-20-9-5-13-31-20)24(32-22)27-26-12-4-8-17-6-2-1-3-7-17/h1-15,29H,16H2/b8-4+,22-15-,26-12-,27-24+. The molecule has 1 aliphatic heterocycles. The third-order valence-electron chi connectivity index (χ3n) is 4.44. The lowest BCUT2D eigenvalue weighted by atomic mass is 10.2. The number of nitrogens with zero attached hydrogens (tertiary/aromatic N) is 3. The summed E-state index contributed by atoms with van der Waals surface area (Å²) in [6.07, 6.45) is 8.38. The van der Waals surface area contributed by atoms with E-state index in [0.29, 0.717) is 26.4 Å². The lowest BCUT2D eigenvalue weighted by Crippen LogP contribution is -2.28. The number of allylic oxidation sites excluding steroid dienone is 1. The van der Waals surface area contributed by atoms with Crippen molar-refractivity contribution in [2.24, 2.45) is 10.2 Å². The van der Waals surface area contributed by atoms with Crippen LogP contribution in [-0.2, 0) is 11.3 Å². The van der Waals surface area contributed by atoms with E-state index in [9.17, 15) is 9.90 Å². The van der Waals surface area contributed by atoms with E-state index in [2.05, 4.69) is 10.2 Å². The molecule has 0 radical (unpaired) electrons. The number of phenols is 1.